The van der Waals surface area contributed by atoms with Crippen LogP contribution >= 0.6 is 0 Å². The van der Waals surface area contributed by atoms with Crippen LogP contribution < -0.4 is 14.9 Å². The summed E-state index contributed by atoms with van der Waals surface area (Å²) in [5.74, 6) is -0.224. The fraction of sp³-hybridized carbons (Fsp3) is 0.235. The number of hydrogen-bond donors (Lipinski definition) is 2. The van der Waals surface area contributed by atoms with Crippen LogP contribution in [0.4, 0.5) is 11.4 Å². The Labute approximate surface area is 142 Å². The number of anilines is 2. The molecule has 0 saturated carbocycles. The Morgan fingerprint density at radius 3 is 2.42 bits per heavy atom. The monoisotopic (exact) mass is 347 g/mol. The third-order valence-electron chi connectivity index (χ3n) is 3.61. The van der Waals surface area contributed by atoms with Crippen molar-refractivity contribution in [1.29, 1.82) is 0 Å². The van der Waals surface area contributed by atoms with Gasteiger partial charge in [-0.3, -0.25) is 4.79 Å². The number of sulfonamides is 1. The predicted molar refractivity (Wildman–Crippen MR) is 95.8 cm³/mol. The number of hydrogen-bond acceptors (Lipinski definition) is 4. The molecular weight excluding hydrogens is 326 g/mol. The van der Waals surface area contributed by atoms with Crippen LogP contribution in [0.5, 0.6) is 0 Å². The van der Waals surface area contributed by atoms with Crippen molar-refractivity contribution in [2.45, 2.75) is 11.8 Å². The van der Waals surface area contributed by atoms with E-state index in [1.165, 1.54) is 13.1 Å². The average Bonchev–Trinajstić information content (AvgIpc) is 2.57. The summed E-state index contributed by atoms with van der Waals surface area (Å²) < 4.78 is 26.3. The van der Waals surface area contributed by atoms with E-state index in [1.807, 2.05) is 42.3 Å². The number of rotatable bonds is 6. The molecule has 128 valence electrons. The van der Waals surface area contributed by atoms with Crippen LogP contribution in [-0.2, 0) is 14.8 Å². The molecule has 6 nitrogen and oxygen atoms in total. The van der Waals surface area contributed by atoms with Gasteiger partial charge in [0, 0.05) is 18.4 Å². The quantitative estimate of drug-likeness (QED) is 0.837. The van der Waals surface area contributed by atoms with Gasteiger partial charge in [-0.25, -0.2) is 13.1 Å². The van der Waals surface area contributed by atoms with Gasteiger partial charge < -0.3 is 10.2 Å². The van der Waals surface area contributed by atoms with Gasteiger partial charge in [0.15, 0.2) is 0 Å². The van der Waals surface area contributed by atoms with Gasteiger partial charge in [0.2, 0.25) is 15.9 Å². The van der Waals surface area contributed by atoms with Crippen LogP contribution in [0.15, 0.2) is 53.4 Å². The summed E-state index contributed by atoms with van der Waals surface area (Å²) in [7, 11) is -0.389. The number of nitrogens with one attached hydrogen (secondary N) is 2. The van der Waals surface area contributed by atoms with Gasteiger partial charge in [0.1, 0.15) is 0 Å². The average molecular weight is 347 g/mol. The van der Waals surface area contributed by atoms with Crippen LogP contribution in [0, 0.1) is 6.92 Å². The number of amides is 1. The van der Waals surface area contributed by atoms with E-state index in [-0.39, 0.29) is 17.3 Å². The Hall–Kier alpha value is -2.38. The zero-order valence-electron chi connectivity index (χ0n) is 13.9. The van der Waals surface area contributed by atoms with Gasteiger partial charge in [-0.1, -0.05) is 24.3 Å². The smallest absolute Gasteiger partial charge is 0.243 e. The van der Waals surface area contributed by atoms with E-state index in [0.717, 1.165) is 5.69 Å². The standard InChI is InChI=1S/C17H21N3O3S/c1-13-9-10-14(11-16(13)24(22,23)18-2)19-17(21)12-20(3)15-7-5-4-6-8-15/h4-11,18H,12H2,1-3H3,(H,19,21). The Balaban J connectivity index is 2.11. The minimum atomic E-state index is -3.56. The van der Waals surface area contributed by atoms with Crippen molar-refractivity contribution in [2.75, 3.05) is 30.9 Å². The molecular formula is C17H21N3O3S. The first-order valence-electron chi connectivity index (χ1n) is 7.44. The van der Waals surface area contributed by atoms with Crippen LogP contribution in [0.2, 0.25) is 0 Å². The van der Waals surface area contributed by atoms with Gasteiger partial charge in [-0.05, 0) is 43.8 Å². The summed E-state index contributed by atoms with van der Waals surface area (Å²) >= 11 is 0. The second-order valence-corrected chi connectivity index (χ2v) is 7.28. The highest BCUT2D eigenvalue weighted by Crippen LogP contribution is 2.20. The Bertz CT molecular complexity index is 820. The van der Waals surface area contributed by atoms with E-state index in [0.29, 0.717) is 11.3 Å². The lowest BCUT2D eigenvalue weighted by molar-refractivity contribution is -0.114. The molecule has 0 spiro atoms. The predicted octanol–water partition coefficient (Wildman–Crippen LogP) is 1.98. The van der Waals surface area contributed by atoms with Crippen molar-refractivity contribution in [1.82, 2.24) is 4.72 Å². The fourth-order valence-electron chi connectivity index (χ4n) is 2.27. The van der Waals surface area contributed by atoms with Gasteiger partial charge in [0.05, 0.1) is 11.4 Å². The normalized spacial score (nSPS) is 11.1. The van der Waals surface area contributed by atoms with E-state index < -0.39 is 10.0 Å². The second-order valence-electron chi connectivity index (χ2n) is 5.43. The number of likely N-dealkylation sites (N-methyl/N-ethyl adjacent to an activating group) is 1. The van der Waals surface area contributed by atoms with Crippen molar-refractivity contribution in [3.05, 3.63) is 54.1 Å². The highest BCUT2D eigenvalue weighted by Gasteiger charge is 2.16. The maximum atomic E-state index is 12.2. The van der Waals surface area contributed by atoms with Gasteiger partial charge in [-0.15, -0.1) is 0 Å². The summed E-state index contributed by atoms with van der Waals surface area (Å²) in [6, 6.07) is 14.4. The molecule has 1 amide bonds. The first-order valence-corrected chi connectivity index (χ1v) is 8.92. The molecule has 0 aliphatic rings. The first kappa shape index (κ1) is 18.0. The minimum Gasteiger partial charge on any atom is -0.365 e. The Morgan fingerprint density at radius 1 is 1.12 bits per heavy atom. The third-order valence-corrected chi connectivity index (χ3v) is 5.16. The molecule has 0 aromatic heterocycles. The molecule has 7 heteroatoms. The molecule has 2 rings (SSSR count). The SMILES string of the molecule is CNS(=O)(=O)c1cc(NC(=O)CN(C)c2ccccc2)ccc1C. The summed E-state index contributed by atoms with van der Waals surface area (Å²) in [5.41, 5.74) is 1.99. The maximum Gasteiger partial charge on any atom is 0.243 e. The van der Waals surface area contributed by atoms with Crippen LogP contribution in [0.3, 0.4) is 0 Å². The number of aryl methyl sites for hydroxylation is 1. The summed E-state index contributed by atoms with van der Waals surface area (Å²) in [6.07, 6.45) is 0. The lowest BCUT2D eigenvalue weighted by atomic mass is 10.2. The number of benzene rings is 2. The van der Waals surface area contributed by atoms with Gasteiger partial charge in [0.25, 0.3) is 0 Å². The van der Waals surface area contributed by atoms with Gasteiger partial charge in [-0.2, -0.15) is 0 Å². The third kappa shape index (κ3) is 4.33. The zero-order chi connectivity index (χ0) is 17.7. The maximum absolute atomic E-state index is 12.2. The summed E-state index contributed by atoms with van der Waals surface area (Å²) in [6.45, 7) is 1.87. The fourth-order valence-corrected chi connectivity index (χ4v) is 3.26. The van der Waals surface area contributed by atoms with Crippen LogP contribution in [0.25, 0.3) is 0 Å². The molecule has 2 aromatic carbocycles. The molecule has 0 unspecified atom stereocenters. The van der Waals surface area contributed by atoms with Crippen molar-refractivity contribution in [2.24, 2.45) is 0 Å². The molecule has 0 heterocycles. The number of carbonyl (C=O) groups is 1. The Morgan fingerprint density at radius 2 is 1.79 bits per heavy atom. The molecule has 2 N–H and O–H groups in total. The van der Waals surface area contributed by atoms with Crippen molar-refractivity contribution < 1.29 is 13.2 Å². The molecule has 0 fully saturated rings. The number of para-hydroxylation sites is 1. The van der Waals surface area contributed by atoms with Crippen molar-refractivity contribution in [3.63, 3.8) is 0 Å². The van der Waals surface area contributed by atoms with Gasteiger partial charge >= 0.3 is 0 Å². The van der Waals surface area contributed by atoms with Crippen molar-refractivity contribution in [3.8, 4) is 0 Å². The van der Waals surface area contributed by atoms with Crippen molar-refractivity contribution >= 4 is 27.3 Å². The van der Waals surface area contributed by atoms with Crippen LogP contribution in [-0.4, -0.2) is 35.0 Å². The molecule has 2 aromatic rings. The lowest BCUT2D eigenvalue weighted by Gasteiger charge is -2.19. The minimum absolute atomic E-state index is 0.152. The molecule has 0 aliphatic heterocycles. The molecule has 0 saturated heterocycles. The summed E-state index contributed by atoms with van der Waals surface area (Å²) in [5, 5.41) is 2.73. The van der Waals surface area contributed by atoms with E-state index in [9.17, 15) is 13.2 Å². The molecule has 0 bridgehead atoms. The number of carbonyl (C=O) groups excluding carboxylic acids is 1. The number of nitrogens with zero attached hydrogens (tertiary/aromatic N) is 1. The Kier molecular flexibility index (Phi) is 5.58. The van der Waals surface area contributed by atoms with E-state index >= 15 is 0 Å². The summed E-state index contributed by atoms with van der Waals surface area (Å²) in [4.78, 5) is 14.2. The van der Waals surface area contributed by atoms with E-state index in [2.05, 4.69) is 10.0 Å². The van der Waals surface area contributed by atoms with E-state index in [1.54, 1.807) is 19.1 Å². The largest absolute Gasteiger partial charge is 0.365 e. The van der Waals surface area contributed by atoms with Crippen LogP contribution in [0.1, 0.15) is 5.56 Å². The highest BCUT2D eigenvalue weighted by molar-refractivity contribution is 7.89. The molecule has 0 radical (unpaired) electrons. The van der Waals surface area contributed by atoms with E-state index in [4.69, 9.17) is 0 Å². The molecule has 0 atom stereocenters. The first-order chi connectivity index (χ1) is 11.3. The highest BCUT2D eigenvalue weighted by atomic mass is 32.2. The lowest BCUT2D eigenvalue weighted by Crippen LogP contribution is -2.30. The zero-order valence-corrected chi connectivity index (χ0v) is 14.7. The topological polar surface area (TPSA) is 78.5 Å². The molecule has 0 aliphatic carbocycles. The second kappa shape index (κ2) is 7.46. The molecule has 24 heavy (non-hydrogen) atoms.